The molecule has 1 spiro atoms. The van der Waals surface area contributed by atoms with Gasteiger partial charge in [0.1, 0.15) is 0 Å². The van der Waals surface area contributed by atoms with Gasteiger partial charge in [-0.15, -0.1) is 0 Å². The highest BCUT2D eigenvalue weighted by atomic mass is 35.5. The van der Waals surface area contributed by atoms with Crippen LogP contribution in [0.5, 0.6) is 11.5 Å². The van der Waals surface area contributed by atoms with Gasteiger partial charge in [0, 0.05) is 12.1 Å². The molecule has 1 atom stereocenters. The first kappa shape index (κ1) is 15.3. The number of methoxy groups -OCH3 is 2. The van der Waals surface area contributed by atoms with Crippen molar-refractivity contribution < 1.29 is 14.3 Å². The number of para-hydroxylation sites is 1. The normalized spacial score (nSPS) is 21.2. The van der Waals surface area contributed by atoms with Gasteiger partial charge in [-0.2, -0.15) is 0 Å². The van der Waals surface area contributed by atoms with Crippen molar-refractivity contribution in [2.75, 3.05) is 26.1 Å². The number of benzene rings is 2. The fraction of sp³-hybridized carbons (Fsp3) is 0.278. The molecule has 2 N–H and O–H groups in total. The Morgan fingerprint density at radius 3 is 2.62 bits per heavy atom. The summed E-state index contributed by atoms with van der Waals surface area (Å²) in [6.45, 7) is 0.682. The Kier molecular flexibility index (Phi) is 3.44. The Morgan fingerprint density at radius 2 is 1.88 bits per heavy atom. The van der Waals surface area contributed by atoms with Gasteiger partial charge < -0.3 is 14.8 Å². The lowest BCUT2D eigenvalue weighted by molar-refractivity contribution is -0.120. The third-order valence-electron chi connectivity index (χ3n) is 4.79. The van der Waals surface area contributed by atoms with E-state index in [4.69, 9.17) is 21.1 Å². The second-order valence-electron chi connectivity index (χ2n) is 5.91. The maximum Gasteiger partial charge on any atom is 0.254 e. The summed E-state index contributed by atoms with van der Waals surface area (Å²) in [5, 5.41) is 6.87. The Hall–Kier alpha value is -2.24. The maximum absolute atomic E-state index is 13.0. The largest absolute Gasteiger partial charge is 0.493 e. The number of hydrogen-bond donors (Lipinski definition) is 2. The average Bonchev–Trinajstić information content (AvgIpc) is 2.88. The predicted octanol–water partition coefficient (Wildman–Crippen LogP) is 2.70. The summed E-state index contributed by atoms with van der Waals surface area (Å²) in [7, 11) is 3.20. The van der Waals surface area contributed by atoms with Crippen LogP contribution < -0.4 is 20.1 Å². The minimum atomic E-state index is -0.951. The van der Waals surface area contributed by atoms with Crippen molar-refractivity contribution in [2.45, 2.75) is 12.0 Å². The van der Waals surface area contributed by atoms with Gasteiger partial charge in [0.05, 0.1) is 24.9 Å². The first-order valence-corrected chi connectivity index (χ1v) is 8.10. The molecule has 2 aliphatic heterocycles. The summed E-state index contributed by atoms with van der Waals surface area (Å²) < 4.78 is 10.8. The highest BCUT2D eigenvalue weighted by molar-refractivity contribution is 6.35. The molecule has 0 aliphatic carbocycles. The van der Waals surface area contributed by atoms with E-state index in [0.717, 1.165) is 23.1 Å². The zero-order valence-electron chi connectivity index (χ0n) is 13.4. The Bertz CT molecular complexity index is 852. The highest BCUT2D eigenvalue weighted by Crippen LogP contribution is 2.48. The molecule has 5 nitrogen and oxygen atoms in total. The molecule has 2 aliphatic rings. The molecule has 4 rings (SSSR count). The summed E-state index contributed by atoms with van der Waals surface area (Å²) >= 11 is 6.28. The van der Waals surface area contributed by atoms with E-state index < -0.39 is 5.54 Å². The van der Waals surface area contributed by atoms with Gasteiger partial charge in [0.15, 0.2) is 17.0 Å². The Labute approximate surface area is 144 Å². The third-order valence-corrected chi connectivity index (χ3v) is 5.11. The molecule has 0 radical (unpaired) electrons. The van der Waals surface area contributed by atoms with Crippen molar-refractivity contribution in [3.05, 3.63) is 52.0 Å². The molecule has 0 aromatic heterocycles. The van der Waals surface area contributed by atoms with E-state index in [1.165, 1.54) is 0 Å². The fourth-order valence-electron chi connectivity index (χ4n) is 3.69. The summed E-state index contributed by atoms with van der Waals surface area (Å²) in [6, 6.07) is 9.40. The van der Waals surface area contributed by atoms with E-state index in [9.17, 15) is 4.79 Å². The number of nitrogens with one attached hydrogen (secondary N) is 2. The van der Waals surface area contributed by atoms with Crippen molar-refractivity contribution in [1.82, 2.24) is 5.32 Å². The van der Waals surface area contributed by atoms with Crippen LogP contribution in [0.15, 0.2) is 30.3 Å². The van der Waals surface area contributed by atoms with E-state index >= 15 is 0 Å². The molecule has 2 heterocycles. The number of amides is 1. The van der Waals surface area contributed by atoms with Crippen LogP contribution in [0.2, 0.25) is 5.02 Å². The summed E-state index contributed by atoms with van der Waals surface area (Å²) in [6.07, 6.45) is 0.806. The SMILES string of the molecule is COc1cc2c(cc1OC)C1(NCC2)C(=O)Nc2c(Cl)cccc21. The van der Waals surface area contributed by atoms with Gasteiger partial charge in [-0.25, -0.2) is 0 Å². The minimum absolute atomic E-state index is 0.126. The smallest absolute Gasteiger partial charge is 0.254 e. The second kappa shape index (κ2) is 5.40. The highest BCUT2D eigenvalue weighted by Gasteiger charge is 2.51. The van der Waals surface area contributed by atoms with Crippen LogP contribution in [0.3, 0.4) is 0 Å². The lowest BCUT2D eigenvalue weighted by atomic mass is 9.78. The molecular weight excluding hydrogens is 328 g/mol. The van der Waals surface area contributed by atoms with Gasteiger partial charge in [0.2, 0.25) is 0 Å². The summed E-state index contributed by atoms with van der Waals surface area (Å²) in [5.41, 5.74) is 2.50. The molecule has 2 aromatic rings. The quantitative estimate of drug-likeness (QED) is 0.879. The number of ether oxygens (including phenoxy) is 2. The maximum atomic E-state index is 13.0. The molecule has 0 saturated heterocycles. The van der Waals surface area contributed by atoms with Crippen LogP contribution in [0, 0.1) is 0 Å². The topological polar surface area (TPSA) is 59.6 Å². The zero-order chi connectivity index (χ0) is 16.9. The minimum Gasteiger partial charge on any atom is -0.493 e. The average molecular weight is 345 g/mol. The molecular formula is C18H17ClN2O3. The van der Waals surface area contributed by atoms with Crippen LogP contribution in [0.4, 0.5) is 5.69 Å². The first-order chi connectivity index (χ1) is 11.6. The summed E-state index contributed by atoms with van der Waals surface area (Å²) in [5.74, 6) is 1.14. The van der Waals surface area contributed by atoms with Crippen molar-refractivity contribution >= 4 is 23.2 Å². The van der Waals surface area contributed by atoms with E-state index in [-0.39, 0.29) is 5.91 Å². The summed E-state index contributed by atoms with van der Waals surface area (Å²) in [4.78, 5) is 13.0. The molecule has 124 valence electrons. The predicted molar refractivity (Wildman–Crippen MR) is 92.1 cm³/mol. The fourth-order valence-corrected chi connectivity index (χ4v) is 3.91. The van der Waals surface area contributed by atoms with Crippen LogP contribution in [-0.2, 0) is 16.8 Å². The van der Waals surface area contributed by atoms with Crippen LogP contribution in [0.1, 0.15) is 16.7 Å². The van der Waals surface area contributed by atoms with Gasteiger partial charge >= 0.3 is 0 Å². The Morgan fingerprint density at radius 1 is 1.12 bits per heavy atom. The van der Waals surface area contributed by atoms with Gasteiger partial charge in [-0.05, 0) is 35.7 Å². The number of carbonyl (C=O) groups excluding carboxylic acids is 1. The number of carbonyl (C=O) groups is 1. The lowest BCUT2D eigenvalue weighted by Gasteiger charge is -2.36. The molecule has 24 heavy (non-hydrogen) atoms. The number of fused-ring (bicyclic) bond motifs is 4. The van der Waals surface area contributed by atoms with Crippen molar-refractivity contribution in [2.24, 2.45) is 0 Å². The molecule has 1 amide bonds. The lowest BCUT2D eigenvalue weighted by Crippen LogP contribution is -2.52. The molecule has 0 bridgehead atoms. The number of anilines is 1. The van der Waals surface area contributed by atoms with E-state index in [0.29, 0.717) is 28.8 Å². The van der Waals surface area contributed by atoms with Crippen LogP contribution >= 0.6 is 11.6 Å². The van der Waals surface area contributed by atoms with E-state index in [2.05, 4.69) is 10.6 Å². The molecule has 1 unspecified atom stereocenters. The van der Waals surface area contributed by atoms with Crippen LogP contribution in [0.25, 0.3) is 0 Å². The first-order valence-electron chi connectivity index (χ1n) is 7.72. The number of halogens is 1. The molecule has 0 fully saturated rings. The van der Waals surface area contributed by atoms with E-state index in [1.807, 2.05) is 24.3 Å². The van der Waals surface area contributed by atoms with Crippen LogP contribution in [-0.4, -0.2) is 26.7 Å². The van der Waals surface area contributed by atoms with Gasteiger partial charge in [0.25, 0.3) is 5.91 Å². The number of rotatable bonds is 2. The van der Waals surface area contributed by atoms with Crippen molar-refractivity contribution in [3.63, 3.8) is 0 Å². The van der Waals surface area contributed by atoms with Gasteiger partial charge in [-0.3, -0.25) is 10.1 Å². The Balaban J connectivity index is 2.01. The zero-order valence-corrected chi connectivity index (χ0v) is 14.2. The molecule has 0 saturated carbocycles. The standard InChI is InChI=1S/C18H17ClN2O3/c1-23-14-8-10-6-7-20-18(12(10)9-15(14)24-2)11-4-3-5-13(19)16(11)21-17(18)22/h3-5,8-9,20H,6-7H2,1-2H3,(H,21,22). The molecule has 6 heteroatoms. The molecule has 2 aromatic carbocycles. The third kappa shape index (κ3) is 1.88. The monoisotopic (exact) mass is 344 g/mol. The van der Waals surface area contributed by atoms with Gasteiger partial charge in [-0.1, -0.05) is 23.7 Å². The van der Waals surface area contributed by atoms with E-state index in [1.54, 1.807) is 20.3 Å². The van der Waals surface area contributed by atoms with Crippen molar-refractivity contribution in [3.8, 4) is 11.5 Å². The number of hydrogen-bond acceptors (Lipinski definition) is 4. The second-order valence-corrected chi connectivity index (χ2v) is 6.31. The van der Waals surface area contributed by atoms with Crippen molar-refractivity contribution in [1.29, 1.82) is 0 Å².